The lowest BCUT2D eigenvalue weighted by Crippen LogP contribution is -2.14. The Morgan fingerprint density at radius 2 is 2.09 bits per heavy atom. The van der Waals surface area contributed by atoms with Crippen molar-refractivity contribution in [3.63, 3.8) is 0 Å². The van der Waals surface area contributed by atoms with Gasteiger partial charge < -0.3 is 20.0 Å². The molecule has 4 rings (SSSR count). The number of fused-ring (bicyclic) bond motifs is 1. The van der Waals surface area contributed by atoms with E-state index < -0.39 is 0 Å². The molecule has 0 bridgehead atoms. The van der Waals surface area contributed by atoms with E-state index in [2.05, 4.69) is 20.6 Å². The third kappa shape index (κ3) is 2.46. The number of hydrogen-bond acceptors (Lipinski definition) is 5. The van der Waals surface area contributed by atoms with E-state index in [4.69, 9.17) is 4.42 Å². The van der Waals surface area contributed by atoms with Crippen LogP contribution in [0.25, 0.3) is 17.1 Å². The predicted molar refractivity (Wildman–Crippen MR) is 83.0 cm³/mol. The molecule has 0 unspecified atom stereocenters. The number of aromatic nitrogens is 2. The molecule has 7 heteroatoms. The summed E-state index contributed by atoms with van der Waals surface area (Å²) in [4.78, 5) is 19.2. The number of imidazole rings is 1. The van der Waals surface area contributed by atoms with Crippen molar-refractivity contribution in [2.75, 3.05) is 6.67 Å². The third-order valence-electron chi connectivity index (χ3n) is 3.23. The van der Waals surface area contributed by atoms with Crippen LogP contribution in [0.3, 0.4) is 0 Å². The fourth-order valence-electron chi connectivity index (χ4n) is 2.19. The van der Waals surface area contributed by atoms with Crippen LogP contribution in [0.15, 0.2) is 56.8 Å². The number of hydrogen-bond donors (Lipinski definition) is 3. The maximum absolute atomic E-state index is 11.5. The minimum atomic E-state index is -0.122. The summed E-state index contributed by atoms with van der Waals surface area (Å²) in [6, 6.07) is 11.5. The van der Waals surface area contributed by atoms with Gasteiger partial charge in [-0.05, 0) is 36.0 Å². The van der Waals surface area contributed by atoms with Crippen LogP contribution >= 0.6 is 11.8 Å². The third-order valence-corrected chi connectivity index (χ3v) is 4.03. The van der Waals surface area contributed by atoms with Crippen molar-refractivity contribution in [2.24, 2.45) is 0 Å². The second kappa shape index (κ2) is 5.27. The number of rotatable bonds is 3. The number of carbonyl (C=O) groups excluding carboxylic acids is 1. The normalized spacial score (nSPS) is 16.2. The molecule has 2 aromatic heterocycles. The number of carbonyl (C=O) groups is 1. The first kappa shape index (κ1) is 13.0. The molecule has 1 aliphatic heterocycles. The van der Waals surface area contributed by atoms with Gasteiger partial charge in [0.15, 0.2) is 10.2 Å². The number of benzene rings is 1. The van der Waals surface area contributed by atoms with E-state index >= 15 is 0 Å². The number of para-hydroxylation sites is 2. The van der Waals surface area contributed by atoms with Crippen LogP contribution in [-0.4, -0.2) is 22.5 Å². The summed E-state index contributed by atoms with van der Waals surface area (Å²) in [7, 11) is 0. The molecule has 110 valence electrons. The average molecular weight is 312 g/mol. The van der Waals surface area contributed by atoms with Crippen molar-refractivity contribution in [3.05, 3.63) is 47.9 Å². The van der Waals surface area contributed by atoms with Gasteiger partial charge in [-0.2, -0.15) is 0 Å². The molecule has 3 aromatic rings. The zero-order valence-corrected chi connectivity index (χ0v) is 12.2. The number of amides is 1. The van der Waals surface area contributed by atoms with E-state index in [1.807, 2.05) is 36.4 Å². The highest BCUT2D eigenvalue weighted by Gasteiger charge is 2.16. The molecule has 1 amide bonds. The van der Waals surface area contributed by atoms with Crippen LogP contribution in [-0.2, 0) is 4.79 Å². The van der Waals surface area contributed by atoms with Gasteiger partial charge in [0.25, 0.3) is 5.91 Å². The van der Waals surface area contributed by atoms with Crippen molar-refractivity contribution in [1.82, 2.24) is 20.6 Å². The number of nitrogens with one attached hydrogen (secondary N) is 3. The first-order chi connectivity index (χ1) is 10.8. The van der Waals surface area contributed by atoms with Crippen molar-refractivity contribution < 1.29 is 9.21 Å². The lowest BCUT2D eigenvalue weighted by atomic mass is 10.3. The zero-order chi connectivity index (χ0) is 14.9. The van der Waals surface area contributed by atoms with Crippen molar-refractivity contribution in [3.8, 4) is 0 Å². The van der Waals surface area contributed by atoms with Gasteiger partial charge in [0.2, 0.25) is 0 Å². The number of nitrogens with zero attached hydrogens (tertiary/aromatic N) is 1. The highest BCUT2D eigenvalue weighted by Crippen LogP contribution is 2.29. The Labute approximate surface area is 130 Å². The van der Waals surface area contributed by atoms with Gasteiger partial charge in [0.1, 0.15) is 11.5 Å². The largest absolute Gasteiger partial charge is 0.450 e. The minimum Gasteiger partial charge on any atom is -0.450 e. The Bertz CT molecular complexity index is 847. The molecule has 0 atom stereocenters. The van der Waals surface area contributed by atoms with Crippen LogP contribution in [0.2, 0.25) is 0 Å². The van der Waals surface area contributed by atoms with Crippen molar-refractivity contribution >= 4 is 34.8 Å². The molecule has 22 heavy (non-hydrogen) atoms. The van der Waals surface area contributed by atoms with Crippen molar-refractivity contribution in [1.29, 1.82) is 0 Å². The molecule has 0 aliphatic carbocycles. The molecule has 1 aromatic carbocycles. The second-order valence-electron chi connectivity index (χ2n) is 4.74. The second-order valence-corrected chi connectivity index (χ2v) is 5.73. The Hall–Kier alpha value is -2.67. The number of furan rings is 1. The lowest BCUT2D eigenvalue weighted by Gasteiger charge is -1.93. The van der Waals surface area contributed by atoms with Gasteiger partial charge in [-0.1, -0.05) is 12.1 Å². The van der Waals surface area contributed by atoms with Gasteiger partial charge >= 0.3 is 0 Å². The molecular formula is C15H12N4O2S. The van der Waals surface area contributed by atoms with Gasteiger partial charge in [0.05, 0.1) is 17.7 Å². The first-order valence-electron chi connectivity index (χ1n) is 6.74. The number of H-pyrrole nitrogens is 1. The van der Waals surface area contributed by atoms with Crippen LogP contribution in [0, 0.1) is 0 Å². The SMILES string of the molecule is O=C1NCN/C1=C\c1ccc(Sc2nc3ccccc3[nH]2)o1. The molecule has 3 heterocycles. The Balaban J connectivity index is 1.55. The fraction of sp³-hybridized carbons (Fsp3) is 0.0667. The summed E-state index contributed by atoms with van der Waals surface area (Å²) < 4.78 is 5.70. The van der Waals surface area contributed by atoms with Crippen LogP contribution in [0.1, 0.15) is 5.76 Å². The maximum Gasteiger partial charge on any atom is 0.268 e. The molecular weight excluding hydrogens is 300 g/mol. The maximum atomic E-state index is 11.5. The summed E-state index contributed by atoms with van der Waals surface area (Å²) in [6.07, 6.45) is 1.69. The van der Waals surface area contributed by atoms with Crippen LogP contribution in [0.4, 0.5) is 0 Å². The lowest BCUT2D eigenvalue weighted by molar-refractivity contribution is -0.116. The first-order valence-corrected chi connectivity index (χ1v) is 7.56. The molecule has 6 nitrogen and oxygen atoms in total. The standard InChI is InChI=1S/C15H12N4O2S/c20-14-12(16-8-17-14)7-9-5-6-13(21-9)22-15-18-10-3-1-2-4-11(10)19-15/h1-7,16H,8H2,(H,17,20)(H,18,19)/b12-7-. The Morgan fingerprint density at radius 1 is 1.18 bits per heavy atom. The van der Waals surface area contributed by atoms with E-state index in [0.717, 1.165) is 16.2 Å². The molecule has 1 saturated heterocycles. The molecule has 1 aliphatic rings. The van der Waals surface area contributed by atoms with E-state index in [1.165, 1.54) is 11.8 Å². The fourth-order valence-corrected chi connectivity index (χ4v) is 2.96. The van der Waals surface area contributed by atoms with Gasteiger partial charge in [0, 0.05) is 6.08 Å². The van der Waals surface area contributed by atoms with E-state index in [-0.39, 0.29) is 5.91 Å². The van der Waals surface area contributed by atoms with Crippen LogP contribution < -0.4 is 10.6 Å². The average Bonchev–Trinajstić information content (AvgIpc) is 3.21. The summed E-state index contributed by atoms with van der Waals surface area (Å²) in [6.45, 7) is 0.450. The topological polar surface area (TPSA) is 83.0 Å². The summed E-state index contributed by atoms with van der Waals surface area (Å²) in [5, 5.41) is 7.10. The van der Waals surface area contributed by atoms with Gasteiger partial charge in [-0.15, -0.1) is 0 Å². The Morgan fingerprint density at radius 3 is 2.91 bits per heavy atom. The van der Waals surface area contributed by atoms with Crippen molar-refractivity contribution in [2.45, 2.75) is 10.2 Å². The molecule has 1 fully saturated rings. The molecule has 0 radical (unpaired) electrons. The summed E-state index contributed by atoms with van der Waals surface area (Å²) in [5.74, 6) is 0.501. The van der Waals surface area contributed by atoms with Gasteiger partial charge in [-0.3, -0.25) is 4.79 Å². The summed E-state index contributed by atoms with van der Waals surface area (Å²) >= 11 is 1.41. The zero-order valence-electron chi connectivity index (χ0n) is 11.4. The summed E-state index contributed by atoms with van der Waals surface area (Å²) in [5.41, 5.74) is 2.42. The van der Waals surface area contributed by atoms with Crippen LogP contribution in [0.5, 0.6) is 0 Å². The smallest absolute Gasteiger partial charge is 0.268 e. The highest BCUT2D eigenvalue weighted by molar-refractivity contribution is 7.99. The van der Waals surface area contributed by atoms with E-state index in [9.17, 15) is 4.79 Å². The van der Waals surface area contributed by atoms with E-state index in [1.54, 1.807) is 6.08 Å². The molecule has 3 N–H and O–H groups in total. The van der Waals surface area contributed by atoms with E-state index in [0.29, 0.717) is 23.2 Å². The molecule has 0 saturated carbocycles. The highest BCUT2D eigenvalue weighted by atomic mass is 32.2. The quantitative estimate of drug-likeness (QED) is 0.647. The predicted octanol–water partition coefficient (Wildman–Crippen LogP) is 2.32. The number of aromatic amines is 1. The Kier molecular flexibility index (Phi) is 3.12. The molecule has 0 spiro atoms. The van der Waals surface area contributed by atoms with Gasteiger partial charge in [-0.25, -0.2) is 4.98 Å². The minimum absolute atomic E-state index is 0.122. The monoisotopic (exact) mass is 312 g/mol.